The Bertz CT molecular complexity index is 909. The van der Waals surface area contributed by atoms with E-state index in [1.54, 1.807) is 31.2 Å². The smallest absolute Gasteiger partial charge is 0.411 e. The second kappa shape index (κ2) is 11.9. The summed E-state index contributed by atoms with van der Waals surface area (Å²) in [5.41, 5.74) is 7.06. The molecule has 0 saturated carbocycles. The minimum Gasteiger partial charge on any atom is -0.481 e. The summed E-state index contributed by atoms with van der Waals surface area (Å²) in [5.74, 6) is -2.48. The summed E-state index contributed by atoms with van der Waals surface area (Å²) in [5, 5.41) is 36.3. The van der Waals surface area contributed by atoms with E-state index >= 15 is 0 Å². The lowest BCUT2D eigenvalue weighted by Crippen LogP contribution is -2.29. The molecule has 7 N–H and O–H groups in total. The van der Waals surface area contributed by atoms with Gasteiger partial charge in [0.25, 0.3) is 0 Å². The molecule has 168 valence electrons. The second-order valence-electron chi connectivity index (χ2n) is 6.06. The molecule has 0 saturated heterocycles. The SMILES string of the molecule is CCN(C(=O)O)c1ccc(NCc2ccc(F)cc2)nc1N.O=C(O)CC(O)C(=O)O. The van der Waals surface area contributed by atoms with Crippen LogP contribution in [0, 0.1) is 5.82 Å². The number of nitrogens with two attached hydrogens (primary N) is 1. The van der Waals surface area contributed by atoms with Crippen LogP contribution in [0.25, 0.3) is 0 Å². The Labute approximate surface area is 176 Å². The first-order valence-corrected chi connectivity index (χ1v) is 8.93. The normalized spacial score (nSPS) is 10.9. The molecule has 0 bridgehead atoms. The lowest BCUT2D eigenvalue weighted by Gasteiger charge is -2.19. The molecule has 12 heteroatoms. The Morgan fingerprint density at radius 3 is 2.16 bits per heavy atom. The summed E-state index contributed by atoms with van der Waals surface area (Å²) < 4.78 is 12.8. The fourth-order valence-corrected chi connectivity index (χ4v) is 2.25. The average Bonchev–Trinajstić information content (AvgIpc) is 2.69. The van der Waals surface area contributed by atoms with Crippen LogP contribution in [0.15, 0.2) is 36.4 Å². The van der Waals surface area contributed by atoms with Gasteiger partial charge in [0, 0.05) is 13.1 Å². The van der Waals surface area contributed by atoms with Crippen LogP contribution in [0.2, 0.25) is 0 Å². The molecule has 31 heavy (non-hydrogen) atoms. The van der Waals surface area contributed by atoms with E-state index in [0.717, 1.165) is 10.5 Å². The maximum Gasteiger partial charge on any atom is 0.411 e. The molecule has 0 spiro atoms. The number of benzene rings is 1. The van der Waals surface area contributed by atoms with Gasteiger partial charge in [0.1, 0.15) is 17.5 Å². The third-order valence-corrected chi connectivity index (χ3v) is 3.78. The van der Waals surface area contributed by atoms with Gasteiger partial charge in [0.2, 0.25) is 0 Å². The predicted octanol–water partition coefficient (Wildman–Crippen LogP) is 1.83. The number of carboxylic acids is 2. The van der Waals surface area contributed by atoms with Gasteiger partial charge < -0.3 is 31.5 Å². The van der Waals surface area contributed by atoms with Gasteiger partial charge in [-0.2, -0.15) is 0 Å². The molecule has 2 rings (SSSR count). The number of hydrogen-bond donors (Lipinski definition) is 6. The number of anilines is 3. The summed E-state index contributed by atoms with van der Waals surface area (Å²) >= 11 is 0. The van der Waals surface area contributed by atoms with E-state index in [9.17, 15) is 18.8 Å². The molecule has 1 aromatic carbocycles. The van der Waals surface area contributed by atoms with Crippen molar-refractivity contribution in [1.82, 2.24) is 4.98 Å². The van der Waals surface area contributed by atoms with Crippen molar-refractivity contribution < 1.29 is 39.2 Å². The molecule has 0 fully saturated rings. The van der Waals surface area contributed by atoms with E-state index in [2.05, 4.69) is 10.3 Å². The Morgan fingerprint density at radius 1 is 1.13 bits per heavy atom. The number of halogens is 1. The van der Waals surface area contributed by atoms with Crippen molar-refractivity contribution >= 4 is 35.4 Å². The van der Waals surface area contributed by atoms with Crippen molar-refractivity contribution in [3.8, 4) is 0 Å². The first-order valence-electron chi connectivity index (χ1n) is 8.93. The number of nitrogens with one attached hydrogen (secondary N) is 1. The first-order chi connectivity index (χ1) is 14.5. The summed E-state index contributed by atoms with van der Waals surface area (Å²) in [6.45, 7) is 2.46. The fraction of sp³-hybridized carbons (Fsp3) is 0.263. The number of aromatic nitrogens is 1. The molecule has 1 amide bonds. The third-order valence-electron chi connectivity index (χ3n) is 3.78. The molecule has 1 unspecified atom stereocenters. The van der Waals surface area contributed by atoms with Crippen LogP contribution < -0.4 is 16.0 Å². The molecule has 0 radical (unpaired) electrons. The largest absolute Gasteiger partial charge is 0.481 e. The highest BCUT2D eigenvalue weighted by molar-refractivity contribution is 5.89. The van der Waals surface area contributed by atoms with E-state index in [1.165, 1.54) is 12.1 Å². The van der Waals surface area contributed by atoms with Gasteiger partial charge in [-0.05, 0) is 36.8 Å². The van der Waals surface area contributed by atoms with Crippen LogP contribution in [-0.2, 0) is 16.1 Å². The third kappa shape index (κ3) is 8.53. The van der Waals surface area contributed by atoms with Crippen molar-refractivity contribution in [2.45, 2.75) is 26.0 Å². The highest BCUT2D eigenvalue weighted by Gasteiger charge is 2.16. The fourth-order valence-electron chi connectivity index (χ4n) is 2.25. The second-order valence-corrected chi connectivity index (χ2v) is 6.06. The monoisotopic (exact) mass is 438 g/mol. The molecule has 1 aromatic heterocycles. The van der Waals surface area contributed by atoms with Gasteiger partial charge in [-0.15, -0.1) is 0 Å². The molecule has 11 nitrogen and oxygen atoms in total. The number of amides is 1. The average molecular weight is 438 g/mol. The van der Waals surface area contributed by atoms with Crippen molar-refractivity contribution in [2.24, 2.45) is 0 Å². The van der Waals surface area contributed by atoms with Crippen LogP contribution in [0.4, 0.5) is 26.5 Å². The van der Waals surface area contributed by atoms with Crippen LogP contribution in [0.5, 0.6) is 0 Å². The van der Waals surface area contributed by atoms with E-state index < -0.39 is 30.6 Å². The van der Waals surface area contributed by atoms with E-state index in [-0.39, 0.29) is 18.2 Å². The highest BCUT2D eigenvalue weighted by atomic mass is 19.1. The molecule has 0 aliphatic carbocycles. The minimum absolute atomic E-state index is 0.133. The number of aliphatic carboxylic acids is 2. The molecule has 0 aliphatic rings. The van der Waals surface area contributed by atoms with Crippen LogP contribution >= 0.6 is 0 Å². The van der Waals surface area contributed by atoms with Crippen molar-refractivity contribution in [2.75, 3.05) is 22.5 Å². The Morgan fingerprint density at radius 2 is 1.74 bits per heavy atom. The summed E-state index contributed by atoms with van der Waals surface area (Å²) in [6.07, 6.45) is -3.62. The maximum atomic E-state index is 12.8. The zero-order valence-electron chi connectivity index (χ0n) is 16.5. The van der Waals surface area contributed by atoms with E-state index in [4.69, 9.17) is 26.2 Å². The summed E-state index contributed by atoms with van der Waals surface area (Å²) in [6, 6.07) is 9.36. The highest BCUT2D eigenvalue weighted by Crippen LogP contribution is 2.23. The molecule has 0 aliphatic heterocycles. The van der Waals surface area contributed by atoms with Crippen LogP contribution in [-0.4, -0.2) is 56.1 Å². The number of aliphatic hydroxyl groups is 1. The van der Waals surface area contributed by atoms with Gasteiger partial charge in [0.05, 0.1) is 12.1 Å². The van der Waals surface area contributed by atoms with Crippen LogP contribution in [0.1, 0.15) is 18.9 Å². The Kier molecular flexibility index (Phi) is 9.66. The van der Waals surface area contributed by atoms with Gasteiger partial charge >= 0.3 is 18.0 Å². The van der Waals surface area contributed by atoms with E-state index in [1.807, 2.05) is 0 Å². The number of carbonyl (C=O) groups is 3. The van der Waals surface area contributed by atoms with Gasteiger partial charge in [-0.3, -0.25) is 9.69 Å². The zero-order valence-corrected chi connectivity index (χ0v) is 16.5. The first kappa shape index (κ1) is 25.1. The number of nitrogens with zero attached hydrogens (tertiary/aromatic N) is 2. The van der Waals surface area contributed by atoms with Gasteiger partial charge in [-0.25, -0.2) is 19.0 Å². The lowest BCUT2D eigenvalue weighted by atomic mass is 10.2. The molecule has 2 aromatic rings. The van der Waals surface area contributed by atoms with Crippen molar-refractivity contribution in [3.63, 3.8) is 0 Å². The molecule has 1 atom stereocenters. The number of pyridine rings is 1. The summed E-state index contributed by atoms with van der Waals surface area (Å²) in [7, 11) is 0. The minimum atomic E-state index is -1.79. The van der Waals surface area contributed by atoms with Gasteiger partial charge in [-0.1, -0.05) is 12.1 Å². The topological polar surface area (TPSA) is 186 Å². The predicted molar refractivity (Wildman–Crippen MR) is 109 cm³/mol. The van der Waals surface area contributed by atoms with Crippen molar-refractivity contribution in [3.05, 3.63) is 47.8 Å². The van der Waals surface area contributed by atoms with E-state index in [0.29, 0.717) is 18.1 Å². The van der Waals surface area contributed by atoms with Gasteiger partial charge in [0.15, 0.2) is 6.10 Å². The zero-order chi connectivity index (χ0) is 23.6. The van der Waals surface area contributed by atoms with Crippen LogP contribution in [0.3, 0.4) is 0 Å². The maximum absolute atomic E-state index is 12.8. The molecule has 1 heterocycles. The number of aliphatic hydroxyl groups excluding tert-OH is 1. The Balaban J connectivity index is 0.000000452. The molecular weight excluding hydrogens is 415 g/mol. The quantitative estimate of drug-likeness (QED) is 0.355. The molecular formula is C19H23FN4O7. The number of carboxylic acid groups (broad SMARTS) is 3. The standard InChI is InChI=1S/C15H17FN4O2.C4H6O5/c1-2-20(15(21)22)12-7-8-13(19-14(12)17)18-9-10-3-5-11(16)6-4-10;5-2(4(8)9)1-3(6)7/h3-8H,2,9H2,1H3,(H,21,22)(H3,17,18,19);2,5H,1H2,(H,6,7)(H,8,9). The number of nitrogen functional groups attached to an aromatic ring is 1. The summed E-state index contributed by atoms with van der Waals surface area (Å²) in [4.78, 5) is 35.8. The lowest BCUT2D eigenvalue weighted by molar-refractivity contribution is -0.152. The Hall–Kier alpha value is -3.93. The number of rotatable bonds is 8. The van der Waals surface area contributed by atoms with Crippen molar-refractivity contribution in [1.29, 1.82) is 0 Å². The number of hydrogen-bond acceptors (Lipinski definition) is 7.